The topological polar surface area (TPSA) is 123 Å². The second-order valence-corrected chi connectivity index (χ2v) is 4.70. The molecule has 0 aliphatic carbocycles. The Bertz CT molecular complexity index is 443. The molecule has 0 fully saturated rings. The van der Waals surface area contributed by atoms with Crippen LogP contribution in [0.1, 0.15) is 30.8 Å². The first-order chi connectivity index (χ1) is 8.90. The van der Waals surface area contributed by atoms with Gasteiger partial charge in [0, 0.05) is 6.54 Å². The number of hydrogen-bond donors (Lipinski definition) is 3. The number of carboxylic acids is 1. The minimum absolute atomic E-state index is 0.122. The number of hydrogen-bond acceptors (Lipinski definition) is 5. The minimum Gasteiger partial charge on any atom is -0.476 e. The van der Waals surface area contributed by atoms with Gasteiger partial charge >= 0.3 is 5.97 Å². The molecule has 8 heteroatoms. The molecule has 0 radical (unpaired) electrons. The molecule has 0 spiro atoms. The van der Waals surface area contributed by atoms with Gasteiger partial charge in [0.2, 0.25) is 5.91 Å². The number of nitrogens with one attached hydrogen (secondary N) is 1. The van der Waals surface area contributed by atoms with Crippen LogP contribution in [0, 0.1) is 5.92 Å². The number of carbonyl (C=O) groups is 2. The Kier molecular flexibility index (Phi) is 5.43. The van der Waals surface area contributed by atoms with Crippen LogP contribution in [0.2, 0.25) is 0 Å². The van der Waals surface area contributed by atoms with Crippen LogP contribution in [-0.2, 0) is 11.3 Å². The zero-order valence-corrected chi connectivity index (χ0v) is 11.0. The average molecular weight is 269 g/mol. The highest BCUT2D eigenvalue weighted by Crippen LogP contribution is 2.02. The van der Waals surface area contributed by atoms with Crippen LogP contribution in [0.15, 0.2) is 6.20 Å². The zero-order valence-electron chi connectivity index (χ0n) is 11.0. The van der Waals surface area contributed by atoms with Gasteiger partial charge in [0.1, 0.15) is 0 Å². The normalized spacial score (nSPS) is 12.4. The third kappa shape index (κ3) is 5.04. The maximum absolute atomic E-state index is 11.6. The Morgan fingerprint density at radius 1 is 1.53 bits per heavy atom. The smallest absolute Gasteiger partial charge is 0.358 e. The molecule has 4 N–H and O–H groups in total. The van der Waals surface area contributed by atoms with E-state index in [1.165, 1.54) is 10.9 Å². The number of rotatable bonds is 7. The lowest BCUT2D eigenvalue weighted by Crippen LogP contribution is -2.42. The Morgan fingerprint density at radius 3 is 2.74 bits per heavy atom. The highest BCUT2D eigenvalue weighted by molar-refractivity contribution is 5.84. The van der Waals surface area contributed by atoms with Crippen molar-refractivity contribution in [2.75, 3.05) is 6.54 Å². The Balaban J connectivity index is 2.33. The fraction of sp³-hybridized carbons (Fsp3) is 0.636. The third-order valence-corrected chi connectivity index (χ3v) is 2.46. The molecule has 8 nitrogen and oxygen atoms in total. The van der Waals surface area contributed by atoms with E-state index in [2.05, 4.69) is 15.6 Å². The van der Waals surface area contributed by atoms with Crippen molar-refractivity contribution in [3.63, 3.8) is 0 Å². The predicted molar refractivity (Wildman–Crippen MR) is 67.4 cm³/mol. The summed E-state index contributed by atoms with van der Waals surface area (Å²) in [6, 6.07) is -0.523. The quantitative estimate of drug-likeness (QED) is 0.611. The lowest BCUT2D eigenvalue weighted by Gasteiger charge is -2.13. The number of carbonyl (C=O) groups excluding carboxylic acids is 1. The third-order valence-electron chi connectivity index (χ3n) is 2.46. The van der Waals surface area contributed by atoms with Crippen LogP contribution in [0.25, 0.3) is 0 Å². The highest BCUT2D eigenvalue weighted by Gasteiger charge is 2.14. The van der Waals surface area contributed by atoms with Gasteiger partial charge in [-0.2, -0.15) is 0 Å². The molecule has 1 aromatic heterocycles. The maximum atomic E-state index is 11.6. The molecule has 1 rings (SSSR count). The molecule has 0 aliphatic heterocycles. The van der Waals surface area contributed by atoms with E-state index in [1.807, 2.05) is 13.8 Å². The molecule has 1 heterocycles. The van der Waals surface area contributed by atoms with Gasteiger partial charge in [-0.1, -0.05) is 19.1 Å². The van der Waals surface area contributed by atoms with Crippen molar-refractivity contribution in [1.82, 2.24) is 20.3 Å². The van der Waals surface area contributed by atoms with Crippen LogP contribution in [0.5, 0.6) is 0 Å². The summed E-state index contributed by atoms with van der Waals surface area (Å²) in [6.07, 6.45) is 1.93. The van der Waals surface area contributed by atoms with Gasteiger partial charge in [0.15, 0.2) is 5.69 Å². The molecular weight excluding hydrogens is 250 g/mol. The van der Waals surface area contributed by atoms with Crippen LogP contribution >= 0.6 is 0 Å². The van der Waals surface area contributed by atoms with Gasteiger partial charge < -0.3 is 16.2 Å². The lowest BCUT2D eigenvalue weighted by atomic mass is 10.0. The second-order valence-electron chi connectivity index (χ2n) is 4.70. The molecule has 0 saturated carbocycles. The summed E-state index contributed by atoms with van der Waals surface area (Å²) in [7, 11) is 0. The Morgan fingerprint density at radius 2 is 2.21 bits per heavy atom. The van der Waals surface area contributed by atoms with Gasteiger partial charge in [-0.25, -0.2) is 9.48 Å². The molecule has 0 unspecified atom stereocenters. The Hall–Kier alpha value is -1.96. The first-order valence-electron chi connectivity index (χ1n) is 6.07. The monoisotopic (exact) mass is 269 g/mol. The summed E-state index contributed by atoms with van der Waals surface area (Å²) in [5.41, 5.74) is 5.59. The Labute approximate surface area is 111 Å². The summed E-state index contributed by atoms with van der Waals surface area (Å²) in [5, 5.41) is 18.4. The van der Waals surface area contributed by atoms with Gasteiger partial charge in [0.25, 0.3) is 0 Å². The molecule has 106 valence electrons. The van der Waals surface area contributed by atoms with Gasteiger partial charge in [0.05, 0.1) is 18.8 Å². The van der Waals surface area contributed by atoms with Gasteiger partial charge in [-0.15, -0.1) is 5.10 Å². The van der Waals surface area contributed by atoms with Crippen LogP contribution in [0.3, 0.4) is 0 Å². The van der Waals surface area contributed by atoms with E-state index in [0.29, 0.717) is 25.4 Å². The molecular formula is C11H19N5O3. The summed E-state index contributed by atoms with van der Waals surface area (Å²) < 4.78 is 1.36. The number of aromatic carboxylic acids is 1. The van der Waals surface area contributed by atoms with Crippen molar-refractivity contribution in [3.05, 3.63) is 11.9 Å². The summed E-state index contributed by atoms with van der Waals surface area (Å²) in [6.45, 7) is 4.67. The van der Waals surface area contributed by atoms with E-state index in [0.717, 1.165) is 0 Å². The zero-order chi connectivity index (χ0) is 14.4. The SMILES string of the molecule is CC(C)C[C@@H](N)C(=O)NCCn1cc(C(=O)O)nn1. The molecule has 0 aliphatic rings. The van der Waals surface area contributed by atoms with Crippen molar-refractivity contribution < 1.29 is 14.7 Å². The fourth-order valence-electron chi connectivity index (χ4n) is 1.55. The number of aromatic nitrogens is 3. The second kappa shape index (κ2) is 6.83. The van der Waals surface area contributed by atoms with E-state index < -0.39 is 12.0 Å². The summed E-state index contributed by atoms with van der Waals surface area (Å²) in [5.74, 6) is -0.990. The van der Waals surface area contributed by atoms with Gasteiger partial charge in [-0.3, -0.25) is 4.79 Å². The van der Waals surface area contributed by atoms with Crippen LogP contribution < -0.4 is 11.1 Å². The van der Waals surface area contributed by atoms with Crippen molar-refractivity contribution in [3.8, 4) is 0 Å². The molecule has 0 bridgehead atoms. The number of amides is 1. The van der Waals surface area contributed by atoms with E-state index in [9.17, 15) is 9.59 Å². The maximum Gasteiger partial charge on any atom is 0.358 e. The largest absolute Gasteiger partial charge is 0.476 e. The molecule has 0 saturated heterocycles. The number of carboxylic acid groups (broad SMARTS) is 1. The van der Waals surface area contributed by atoms with Crippen molar-refractivity contribution in [2.24, 2.45) is 11.7 Å². The molecule has 1 atom stereocenters. The minimum atomic E-state index is -1.13. The summed E-state index contributed by atoms with van der Waals surface area (Å²) in [4.78, 5) is 22.2. The molecule has 1 aromatic rings. The van der Waals surface area contributed by atoms with E-state index in [4.69, 9.17) is 10.8 Å². The number of nitrogens with two attached hydrogens (primary N) is 1. The van der Waals surface area contributed by atoms with Crippen molar-refractivity contribution in [2.45, 2.75) is 32.9 Å². The summed E-state index contributed by atoms with van der Waals surface area (Å²) >= 11 is 0. The number of nitrogens with zero attached hydrogens (tertiary/aromatic N) is 3. The fourth-order valence-corrected chi connectivity index (χ4v) is 1.55. The van der Waals surface area contributed by atoms with Crippen LogP contribution in [-0.4, -0.2) is 44.6 Å². The standard InChI is InChI=1S/C11H19N5O3/c1-7(2)5-8(12)10(17)13-3-4-16-6-9(11(18)19)14-15-16/h6-8H,3-5,12H2,1-2H3,(H,13,17)(H,18,19)/t8-/m1/s1. The van der Waals surface area contributed by atoms with Gasteiger partial charge in [-0.05, 0) is 12.3 Å². The van der Waals surface area contributed by atoms with Crippen molar-refractivity contribution in [1.29, 1.82) is 0 Å². The first-order valence-corrected chi connectivity index (χ1v) is 6.07. The van der Waals surface area contributed by atoms with Crippen molar-refractivity contribution >= 4 is 11.9 Å². The molecule has 19 heavy (non-hydrogen) atoms. The first kappa shape index (κ1) is 15.1. The highest BCUT2D eigenvalue weighted by atomic mass is 16.4. The lowest BCUT2D eigenvalue weighted by molar-refractivity contribution is -0.122. The van der Waals surface area contributed by atoms with Crippen LogP contribution in [0.4, 0.5) is 0 Å². The van der Waals surface area contributed by atoms with E-state index in [1.54, 1.807) is 0 Å². The molecule has 1 amide bonds. The van der Waals surface area contributed by atoms with E-state index >= 15 is 0 Å². The van der Waals surface area contributed by atoms with E-state index in [-0.39, 0.29) is 11.6 Å². The average Bonchev–Trinajstić information content (AvgIpc) is 2.76. The predicted octanol–water partition coefficient (Wildman–Crippen LogP) is -0.534. The molecule has 0 aromatic carbocycles.